The standard InChI is InChI=1S/C25H31NO5/c1-17(20-9-10-20)26(16-18-6-11-21(28-2)12-7-18)24(27)13-8-19-14-22(29-3)25(31-5)23(15-19)30-4/h6-8,11-15,17,20H,9-10,16H2,1-5H3/b13-8+/t17-/m1/s1. The molecule has 0 aromatic heterocycles. The van der Waals surface area contributed by atoms with E-state index < -0.39 is 0 Å². The van der Waals surface area contributed by atoms with Crippen LogP contribution >= 0.6 is 0 Å². The van der Waals surface area contributed by atoms with E-state index >= 15 is 0 Å². The number of hydrogen-bond donors (Lipinski definition) is 0. The van der Waals surface area contributed by atoms with Gasteiger partial charge in [0.15, 0.2) is 11.5 Å². The van der Waals surface area contributed by atoms with Crippen LogP contribution in [-0.4, -0.2) is 45.3 Å². The quantitative estimate of drug-likeness (QED) is 0.522. The van der Waals surface area contributed by atoms with Crippen LogP contribution in [0.4, 0.5) is 0 Å². The van der Waals surface area contributed by atoms with Crippen LogP contribution in [0.1, 0.15) is 30.9 Å². The molecule has 0 radical (unpaired) electrons. The molecule has 2 aromatic rings. The van der Waals surface area contributed by atoms with Crippen LogP contribution in [-0.2, 0) is 11.3 Å². The van der Waals surface area contributed by atoms with E-state index in [2.05, 4.69) is 6.92 Å². The van der Waals surface area contributed by atoms with Crippen molar-refractivity contribution < 1.29 is 23.7 Å². The van der Waals surface area contributed by atoms with E-state index in [0.29, 0.717) is 29.7 Å². The zero-order valence-electron chi connectivity index (χ0n) is 18.9. The highest BCUT2D eigenvalue weighted by atomic mass is 16.5. The summed E-state index contributed by atoms with van der Waals surface area (Å²) in [6.07, 6.45) is 5.74. The fraction of sp³-hybridized carbons (Fsp3) is 0.400. The Morgan fingerprint density at radius 3 is 2.10 bits per heavy atom. The summed E-state index contributed by atoms with van der Waals surface area (Å²) in [4.78, 5) is 15.1. The fourth-order valence-corrected chi connectivity index (χ4v) is 3.64. The average Bonchev–Trinajstić information content (AvgIpc) is 3.65. The molecule has 1 fully saturated rings. The van der Waals surface area contributed by atoms with Crippen molar-refractivity contribution >= 4 is 12.0 Å². The minimum atomic E-state index is -0.0241. The first kappa shape index (κ1) is 22.5. The Morgan fingerprint density at radius 2 is 1.61 bits per heavy atom. The maximum Gasteiger partial charge on any atom is 0.247 e. The molecule has 1 saturated carbocycles. The van der Waals surface area contributed by atoms with Gasteiger partial charge in [-0.3, -0.25) is 4.79 Å². The van der Waals surface area contributed by atoms with Crippen molar-refractivity contribution in [1.29, 1.82) is 0 Å². The van der Waals surface area contributed by atoms with Gasteiger partial charge in [0.2, 0.25) is 11.7 Å². The van der Waals surface area contributed by atoms with Crippen molar-refractivity contribution in [3.05, 3.63) is 53.6 Å². The highest BCUT2D eigenvalue weighted by Gasteiger charge is 2.33. The average molecular weight is 426 g/mol. The lowest BCUT2D eigenvalue weighted by Crippen LogP contribution is -2.38. The molecule has 2 aromatic carbocycles. The Hall–Kier alpha value is -3.15. The number of rotatable bonds is 10. The van der Waals surface area contributed by atoms with Gasteiger partial charge in [-0.05, 0) is 67.2 Å². The number of carbonyl (C=O) groups excluding carboxylic acids is 1. The molecule has 0 aliphatic heterocycles. The molecule has 3 rings (SSSR count). The first-order valence-corrected chi connectivity index (χ1v) is 10.4. The summed E-state index contributed by atoms with van der Waals surface area (Å²) in [5.41, 5.74) is 1.87. The molecule has 0 saturated heterocycles. The molecule has 1 amide bonds. The van der Waals surface area contributed by atoms with Crippen molar-refractivity contribution in [2.24, 2.45) is 5.92 Å². The van der Waals surface area contributed by atoms with Crippen molar-refractivity contribution in [1.82, 2.24) is 4.90 Å². The minimum absolute atomic E-state index is 0.0241. The Balaban J connectivity index is 1.81. The third-order valence-electron chi connectivity index (χ3n) is 5.70. The van der Waals surface area contributed by atoms with Crippen molar-refractivity contribution in [3.8, 4) is 23.0 Å². The highest BCUT2D eigenvalue weighted by Crippen LogP contribution is 2.39. The topological polar surface area (TPSA) is 57.2 Å². The molecular weight excluding hydrogens is 394 g/mol. The van der Waals surface area contributed by atoms with Gasteiger partial charge in [0, 0.05) is 18.7 Å². The molecule has 0 bridgehead atoms. The third-order valence-corrected chi connectivity index (χ3v) is 5.70. The summed E-state index contributed by atoms with van der Waals surface area (Å²) in [5.74, 6) is 2.97. The van der Waals surface area contributed by atoms with E-state index in [4.69, 9.17) is 18.9 Å². The van der Waals surface area contributed by atoms with Gasteiger partial charge in [-0.25, -0.2) is 0 Å². The van der Waals surface area contributed by atoms with Gasteiger partial charge in [-0.1, -0.05) is 12.1 Å². The van der Waals surface area contributed by atoms with Crippen molar-refractivity contribution in [2.45, 2.75) is 32.4 Å². The summed E-state index contributed by atoms with van der Waals surface area (Å²) in [7, 11) is 6.36. The van der Waals surface area contributed by atoms with Crippen LogP contribution in [0.15, 0.2) is 42.5 Å². The molecule has 0 spiro atoms. The lowest BCUT2D eigenvalue weighted by Gasteiger charge is -2.28. The molecule has 0 N–H and O–H groups in total. The van der Waals surface area contributed by atoms with E-state index in [1.807, 2.05) is 41.3 Å². The number of carbonyl (C=O) groups is 1. The largest absolute Gasteiger partial charge is 0.497 e. The zero-order valence-corrected chi connectivity index (χ0v) is 18.9. The SMILES string of the molecule is COc1ccc(CN(C(=O)/C=C/c2cc(OC)c(OC)c(OC)c2)[C@H](C)C2CC2)cc1. The Bertz CT molecular complexity index is 893. The van der Waals surface area contributed by atoms with Gasteiger partial charge in [-0.2, -0.15) is 0 Å². The second kappa shape index (κ2) is 10.2. The van der Waals surface area contributed by atoms with Gasteiger partial charge in [0.05, 0.1) is 28.4 Å². The second-order valence-corrected chi connectivity index (χ2v) is 7.68. The number of nitrogens with zero attached hydrogens (tertiary/aromatic N) is 1. The predicted molar refractivity (Wildman–Crippen MR) is 121 cm³/mol. The van der Waals surface area contributed by atoms with E-state index in [-0.39, 0.29) is 11.9 Å². The molecule has 6 nitrogen and oxygen atoms in total. The monoisotopic (exact) mass is 425 g/mol. The number of ether oxygens (including phenoxy) is 4. The Kier molecular flexibility index (Phi) is 7.45. The number of methoxy groups -OCH3 is 4. The van der Waals surface area contributed by atoms with Gasteiger partial charge < -0.3 is 23.8 Å². The summed E-state index contributed by atoms with van der Waals surface area (Å²) >= 11 is 0. The summed E-state index contributed by atoms with van der Waals surface area (Å²) in [5, 5.41) is 0. The summed E-state index contributed by atoms with van der Waals surface area (Å²) < 4.78 is 21.4. The van der Waals surface area contributed by atoms with Crippen LogP contribution in [0.5, 0.6) is 23.0 Å². The maximum atomic E-state index is 13.2. The second-order valence-electron chi connectivity index (χ2n) is 7.68. The summed E-state index contributed by atoms with van der Waals surface area (Å²) in [6, 6.07) is 11.7. The van der Waals surface area contributed by atoms with E-state index in [1.54, 1.807) is 40.6 Å². The normalized spacial score (nSPS) is 14.2. The number of amides is 1. The molecule has 1 aliphatic rings. The fourth-order valence-electron chi connectivity index (χ4n) is 3.64. The van der Waals surface area contributed by atoms with Crippen molar-refractivity contribution in [3.63, 3.8) is 0 Å². The van der Waals surface area contributed by atoms with Crippen LogP contribution in [0.25, 0.3) is 6.08 Å². The summed E-state index contributed by atoms with van der Waals surface area (Å²) in [6.45, 7) is 2.69. The lowest BCUT2D eigenvalue weighted by atomic mass is 10.1. The van der Waals surface area contributed by atoms with E-state index in [9.17, 15) is 4.79 Å². The Morgan fingerprint density at radius 1 is 1.00 bits per heavy atom. The molecule has 31 heavy (non-hydrogen) atoms. The minimum Gasteiger partial charge on any atom is -0.497 e. The van der Waals surface area contributed by atoms with Gasteiger partial charge in [0.1, 0.15) is 5.75 Å². The molecule has 6 heteroatoms. The first-order chi connectivity index (χ1) is 15.0. The zero-order chi connectivity index (χ0) is 22.4. The van der Waals surface area contributed by atoms with Crippen LogP contribution in [0.2, 0.25) is 0 Å². The lowest BCUT2D eigenvalue weighted by molar-refractivity contribution is -0.129. The van der Waals surface area contributed by atoms with Crippen LogP contribution in [0.3, 0.4) is 0 Å². The van der Waals surface area contributed by atoms with Gasteiger partial charge in [-0.15, -0.1) is 0 Å². The smallest absolute Gasteiger partial charge is 0.247 e. The highest BCUT2D eigenvalue weighted by molar-refractivity contribution is 5.92. The molecular formula is C25H31NO5. The maximum absolute atomic E-state index is 13.2. The molecule has 1 aliphatic carbocycles. The molecule has 1 atom stereocenters. The Labute approximate surface area is 184 Å². The molecule has 0 unspecified atom stereocenters. The number of hydrogen-bond acceptors (Lipinski definition) is 5. The van der Waals surface area contributed by atoms with E-state index in [0.717, 1.165) is 16.9 Å². The molecule has 0 heterocycles. The number of benzene rings is 2. The van der Waals surface area contributed by atoms with E-state index in [1.165, 1.54) is 12.8 Å². The van der Waals surface area contributed by atoms with Gasteiger partial charge >= 0.3 is 0 Å². The van der Waals surface area contributed by atoms with Gasteiger partial charge in [0.25, 0.3) is 0 Å². The van der Waals surface area contributed by atoms with Crippen LogP contribution in [0, 0.1) is 5.92 Å². The first-order valence-electron chi connectivity index (χ1n) is 10.4. The van der Waals surface area contributed by atoms with Crippen LogP contribution < -0.4 is 18.9 Å². The van der Waals surface area contributed by atoms with Crippen molar-refractivity contribution in [2.75, 3.05) is 28.4 Å². The predicted octanol–water partition coefficient (Wildman–Crippen LogP) is 4.56. The molecule has 166 valence electrons. The third kappa shape index (κ3) is 5.51.